The molecular weight excluding hydrogens is 332 g/mol. The van der Waals surface area contributed by atoms with Crippen LogP contribution in [-0.2, 0) is 19.0 Å². The third-order valence-electron chi connectivity index (χ3n) is 7.14. The minimum absolute atomic E-state index is 0.00892. The molecule has 142 valence electrons. The molecule has 0 aromatic carbocycles. The summed E-state index contributed by atoms with van der Waals surface area (Å²) < 4.78 is 16.3. The minimum atomic E-state index is -0.540. The number of esters is 1. The molecule has 26 heavy (non-hydrogen) atoms. The zero-order valence-electron chi connectivity index (χ0n) is 16.1. The summed E-state index contributed by atoms with van der Waals surface area (Å²) in [4.78, 5) is 23.3. The molecule has 4 aliphatic rings. The number of fused-ring (bicyclic) bond motifs is 3. The number of carbonyl (C=O) groups excluding carboxylic acids is 2. The predicted octanol–water partition coefficient (Wildman–Crippen LogP) is 4.32. The average molecular weight is 360 g/mol. The van der Waals surface area contributed by atoms with Crippen LogP contribution in [0.2, 0.25) is 0 Å². The smallest absolute Gasteiger partial charge is 0.458 e. The number of cyclic esters (lactones) is 1. The highest BCUT2D eigenvalue weighted by atomic mass is 16.8. The maximum Gasteiger partial charge on any atom is 0.509 e. The van der Waals surface area contributed by atoms with Gasteiger partial charge in [0.15, 0.2) is 12.2 Å². The van der Waals surface area contributed by atoms with E-state index in [0.717, 1.165) is 36.8 Å². The van der Waals surface area contributed by atoms with Gasteiger partial charge in [-0.05, 0) is 54.6 Å². The first-order valence-electron chi connectivity index (χ1n) is 9.66. The fraction of sp³-hybridized carbons (Fsp3) is 0.714. The molecule has 0 unspecified atom stereocenters. The van der Waals surface area contributed by atoms with Crippen molar-refractivity contribution in [3.8, 4) is 0 Å². The van der Waals surface area contributed by atoms with E-state index in [0.29, 0.717) is 6.61 Å². The molecule has 0 aromatic rings. The highest BCUT2D eigenvalue weighted by molar-refractivity contribution is 5.85. The Bertz CT molecular complexity index is 716. The second-order valence-corrected chi connectivity index (χ2v) is 9.18. The summed E-state index contributed by atoms with van der Waals surface area (Å²) in [6.45, 7) is 9.42. The Morgan fingerprint density at radius 1 is 1.12 bits per heavy atom. The van der Waals surface area contributed by atoms with Gasteiger partial charge in [-0.2, -0.15) is 0 Å². The molecule has 0 amide bonds. The van der Waals surface area contributed by atoms with Gasteiger partial charge in [0.05, 0.1) is 0 Å². The zero-order valence-corrected chi connectivity index (χ0v) is 16.1. The second kappa shape index (κ2) is 5.86. The summed E-state index contributed by atoms with van der Waals surface area (Å²) in [5, 5.41) is 0. The molecule has 1 saturated heterocycles. The summed E-state index contributed by atoms with van der Waals surface area (Å²) in [6.07, 6.45) is 5.70. The Kier molecular flexibility index (Phi) is 3.97. The van der Waals surface area contributed by atoms with Crippen molar-refractivity contribution in [3.63, 3.8) is 0 Å². The lowest BCUT2D eigenvalue weighted by atomic mass is 9.48. The fourth-order valence-corrected chi connectivity index (χ4v) is 6.13. The van der Waals surface area contributed by atoms with Gasteiger partial charge in [0, 0.05) is 12.0 Å². The molecule has 4 atom stereocenters. The molecule has 0 bridgehead atoms. The lowest BCUT2D eigenvalue weighted by Gasteiger charge is -2.57. The lowest BCUT2D eigenvalue weighted by Crippen LogP contribution is -2.55. The third kappa shape index (κ3) is 2.58. The van der Waals surface area contributed by atoms with Crippen LogP contribution in [0.25, 0.3) is 0 Å². The molecular formula is C21H28O5. The van der Waals surface area contributed by atoms with E-state index in [2.05, 4.69) is 27.7 Å². The Labute approximate surface area is 154 Å². The van der Waals surface area contributed by atoms with Crippen LogP contribution < -0.4 is 0 Å². The summed E-state index contributed by atoms with van der Waals surface area (Å²) in [6, 6.07) is 0. The van der Waals surface area contributed by atoms with Gasteiger partial charge in [0.1, 0.15) is 6.61 Å². The number of ether oxygens (including phenoxy) is 3. The van der Waals surface area contributed by atoms with E-state index in [1.54, 1.807) is 6.08 Å². The van der Waals surface area contributed by atoms with Crippen molar-refractivity contribution in [2.75, 3.05) is 6.61 Å². The maximum atomic E-state index is 11.9. The summed E-state index contributed by atoms with van der Waals surface area (Å²) in [5.41, 5.74) is 3.65. The molecule has 0 radical (unpaired) electrons. The van der Waals surface area contributed by atoms with Gasteiger partial charge in [-0.3, -0.25) is 0 Å². The second-order valence-electron chi connectivity index (χ2n) is 9.18. The van der Waals surface area contributed by atoms with Crippen LogP contribution in [0, 0.1) is 16.7 Å². The number of carbonyl (C=O) groups is 2. The van der Waals surface area contributed by atoms with E-state index in [9.17, 15) is 9.59 Å². The van der Waals surface area contributed by atoms with Crippen LogP contribution in [0.5, 0.6) is 0 Å². The van der Waals surface area contributed by atoms with Crippen molar-refractivity contribution in [3.05, 3.63) is 22.8 Å². The quantitative estimate of drug-likeness (QED) is 0.554. The third-order valence-corrected chi connectivity index (χ3v) is 7.14. The Morgan fingerprint density at radius 2 is 1.88 bits per heavy atom. The van der Waals surface area contributed by atoms with Crippen molar-refractivity contribution in [2.45, 2.75) is 72.0 Å². The van der Waals surface area contributed by atoms with Crippen LogP contribution in [0.4, 0.5) is 4.79 Å². The molecule has 2 heterocycles. The molecule has 2 aliphatic carbocycles. The van der Waals surface area contributed by atoms with E-state index in [1.165, 1.54) is 12.0 Å². The lowest BCUT2D eigenvalue weighted by molar-refractivity contribution is -0.134. The van der Waals surface area contributed by atoms with Gasteiger partial charge in [-0.1, -0.05) is 32.8 Å². The minimum Gasteiger partial charge on any atom is -0.458 e. The van der Waals surface area contributed by atoms with Crippen LogP contribution in [0.3, 0.4) is 0 Å². The van der Waals surface area contributed by atoms with Gasteiger partial charge in [-0.25, -0.2) is 9.59 Å². The van der Waals surface area contributed by atoms with Crippen molar-refractivity contribution < 1.29 is 23.8 Å². The van der Waals surface area contributed by atoms with Crippen molar-refractivity contribution in [2.24, 2.45) is 16.7 Å². The van der Waals surface area contributed by atoms with Crippen LogP contribution in [-0.4, -0.2) is 30.9 Å². The van der Waals surface area contributed by atoms with E-state index in [4.69, 9.17) is 14.2 Å². The largest absolute Gasteiger partial charge is 0.509 e. The van der Waals surface area contributed by atoms with Gasteiger partial charge in [0.25, 0.3) is 0 Å². The van der Waals surface area contributed by atoms with Crippen molar-refractivity contribution in [1.29, 1.82) is 0 Å². The van der Waals surface area contributed by atoms with E-state index in [1.807, 2.05) is 0 Å². The van der Waals surface area contributed by atoms with Gasteiger partial charge in [0.2, 0.25) is 0 Å². The molecule has 2 fully saturated rings. The molecule has 1 saturated carbocycles. The topological polar surface area (TPSA) is 61.8 Å². The van der Waals surface area contributed by atoms with Crippen LogP contribution in [0.15, 0.2) is 22.8 Å². The molecule has 0 spiro atoms. The number of rotatable bonds is 3. The van der Waals surface area contributed by atoms with Crippen molar-refractivity contribution >= 4 is 12.1 Å². The standard InChI is InChI=1S/C21H28O5/c1-12-14(7-6-13-10-15(22)24-11-13)21(4)9-5-8-20(2,3)18(21)17-16(12)25-19(23)26-17/h10,16-18H,5-9,11H2,1-4H3/t16-,17-,18+,21-/m1/s1. The first-order chi connectivity index (χ1) is 12.2. The first kappa shape index (κ1) is 17.6. The highest BCUT2D eigenvalue weighted by Crippen LogP contribution is 2.62. The molecule has 4 rings (SSSR count). The van der Waals surface area contributed by atoms with Crippen LogP contribution >= 0.6 is 0 Å². The SMILES string of the molecule is CC1=C(CCC2=CC(=O)OC2)[C@@]2(C)CCCC(C)(C)[C@@H]2[C@@H]2OC(=O)O[C@H]12. The number of allylic oxidation sites excluding steroid dienone is 1. The number of hydrogen-bond acceptors (Lipinski definition) is 5. The first-order valence-corrected chi connectivity index (χ1v) is 9.66. The fourth-order valence-electron chi connectivity index (χ4n) is 6.13. The molecule has 0 aromatic heterocycles. The number of hydrogen-bond donors (Lipinski definition) is 0. The van der Waals surface area contributed by atoms with Crippen LogP contribution in [0.1, 0.15) is 59.8 Å². The van der Waals surface area contributed by atoms with Crippen molar-refractivity contribution in [1.82, 2.24) is 0 Å². The molecule has 5 nitrogen and oxygen atoms in total. The van der Waals surface area contributed by atoms with Gasteiger partial charge in [-0.15, -0.1) is 0 Å². The Hall–Kier alpha value is -1.78. The van der Waals surface area contributed by atoms with Gasteiger partial charge < -0.3 is 14.2 Å². The maximum absolute atomic E-state index is 11.9. The van der Waals surface area contributed by atoms with E-state index >= 15 is 0 Å². The summed E-state index contributed by atoms with van der Waals surface area (Å²) in [5.74, 6) is 0.00441. The van der Waals surface area contributed by atoms with E-state index in [-0.39, 0.29) is 34.9 Å². The Balaban J connectivity index is 1.71. The molecule has 2 aliphatic heterocycles. The highest BCUT2D eigenvalue weighted by Gasteiger charge is 2.61. The van der Waals surface area contributed by atoms with E-state index < -0.39 is 6.16 Å². The predicted molar refractivity (Wildman–Crippen MR) is 95.3 cm³/mol. The summed E-state index contributed by atoms with van der Waals surface area (Å²) in [7, 11) is 0. The monoisotopic (exact) mass is 360 g/mol. The average Bonchev–Trinajstić information content (AvgIpc) is 3.11. The molecule has 5 heteroatoms. The molecule has 0 N–H and O–H groups in total. The normalized spacial score (nSPS) is 38.2. The summed E-state index contributed by atoms with van der Waals surface area (Å²) >= 11 is 0. The van der Waals surface area contributed by atoms with Gasteiger partial charge >= 0.3 is 12.1 Å². The zero-order chi connectivity index (χ0) is 18.7. The Morgan fingerprint density at radius 3 is 2.58 bits per heavy atom.